The maximum atomic E-state index is 13.7. The van der Waals surface area contributed by atoms with Crippen molar-refractivity contribution < 1.29 is 9.59 Å². The minimum Gasteiger partial charge on any atom is -0.363 e. The highest BCUT2D eigenvalue weighted by molar-refractivity contribution is 6.36. The molecule has 8 heteroatoms. The normalized spacial score (nSPS) is 20.5. The number of hydrogen-bond donors (Lipinski definition) is 0. The standard InChI is InChI=1S/C24H26ClN5O2/c25-18-9-7-17(8-10-18)20-21(23(32)30(22(20)31)19-5-2-1-3-6-19)28-13-15-29(16-14-28)24-26-11-4-12-27-24/h4,7-12,19H,1-3,5-6,13-16H2. The molecule has 0 N–H and O–H groups in total. The van der Waals surface area contributed by atoms with E-state index < -0.39 is 0 Å². The molecule has 0 radical (unpaired) electrons. The summed E-state index contributed by atoms with van der Waals surface area (Å²) in [6, 6.07) is 9.00. The molecule has 1 aromatic heterocycles. The van der Waals surface area contributed by atoms with E-state index in [4.69, 9.17) is 11.6 Å². The fourth-order valence-electron chi connectivity index (χ4n) is 4.96. The van der Waals surface area contributed by atoms with E-state index in [0.29, 0.717) is 48.4 Å². The van der Waals surface area contributed by atoms with Crippen molar-refractivity contribution in [2.24, 2.45) is 0 Å². The molecular formula is C24H26ClN5O2. The monoisotopic (exact) mass is 451 g/mol. The number of carbonyl (C=O) groups is 2. The van der Waals surface area contributed by atoms with Gasteiger partial charge < -0.3 is 9.80 Å². The lowest BCUT2D eigenvalue weighted by Crippen LogP contribution is -2.49. The van der Waals surface area contributed by atoms with Crippen LogP contribution in [-0.2, 0) is 9.59 Å². The SMILES string of the molecule is O=C1C(c2ccc(Cl)cc2)=C(N2CCN(c3ncccn3)CC2)C(=O)N1C1CCCCC1. The number of benzene rings is 1. The number of carbonyl (C=O) groups excluding carboxylic acids is 2. The van der Waals surface area contributed by atoms with Gasteiger partial charge in [0, 0.05) is 49.6 Å². The summed E-state index contributed by atoms with van der Waals surface area (Å²) in [7, 11) is 0. The van der Waals surface area contributed by atoms with Crippen LogP contribution in [0.15, 0.2) is 48.4 Å². The first-order chi connectivity index (χ1) is 15.6. The number of piperazine rings is 1. The summed E-state index contributed by atoms with van der Waals surface area (Å²) in [5.41, 5.74) is 1.77. The highest BCUT2D eigenvalue weighted by Crippen LogP contribution is 2.36. The smallest absolute Gasteiger partial charge is 0.278 e. The van der Waals surface area contributed by atoms with Crippen LogP contribution in [-0.4, -0.2) is 63.8 Å². The Bertz CT molecular complexity index is 1030. The second kappa shape index (κ2) is 8.90. The molecule has 0 atom stereocenters. The van der Waals surface area contributed by atoms with Crippen molar-refractivity contribution in [3.05, 3.63) is 59.0 Å². The number of amides is 2. The summed E-state index contributed by atoms with van der Waals surface area (Å²) in [6.45, 7) is 2.63. The van der Waals surface area contributed by atoms with Crippen LogP contribution in [0.25, 0.3) is 5.57 Å². The largest absolute Gasteiger partial charge is 0.363 e. The van der Waals surface area contributed by atoms with E-state index in [0.717, 1.165) is 31.2 Å². The molecule has 32 heavy (non-hydrogen) atoms. The Balaban J connectivity index is 1.45. The van der Waals surface area contributed by atoms with Gasteiger partial charge in [0.15, 0.2) is 0 Å². The first kappa shape index (κ1) is 20.9. The van der Waals surface area contributed by atoms with Crippen molar-refractivity contribution in [3.63, 3.8) is 0 Å². The summed E-state index contributed by atoms with van der Waals surface area (Å²) in [5.74, 6) is 0.362. The van der Waals surface area contributed by atoms with E-state index in [1.165, 1.54) is 11.3 Å². The Kier molecular flexibility index (Phi) is 5.83. The van der Waals surface area contributed by atoms with Crippen molar-refractivity contribution in [1.29, 1.82) is 0 Å². The molecule has 0 spiro atoms. The Morgan fingerprint density at radius 1 is 0.812 bits per heavy atom. The van der Waals surface area contributed by atoms with E-state index in [9.17, 15) is 9.59 Å². The average Bonchev–Trinajstić information content (AvgIpc) is 3.10. The average molecular weight is 452 g/mol. The summed E-state index contributed by atoms with van der Waals surface area (Å²) in [5, 5.41) is 0.605. The van der Waals surface area contributed by atoms with Crippen LogP contribution in [0, 0.1) is 0 Å². The van der Waals surface area contributed by atoms with E-state index in [1.54, 1.807) is 30.6 Å². The minimum absolute atomic E-state index is 0.0115. The van der Waals surface area contributed by atoms with Gasteiger partial charge >= 0.3 is 0 Å². The van der Waals surface area contributed by atoms with Gasteiger partial charge in [-0.05, 0) is 36.6 Å². The van der Waals surface area contributed by atoms with Crippen molar-refractivity contribution >= 4 is 34.9 Å². The molecule has 1 aliphatic carbocycles. The predicted molar refractivity (Wildman–Crippen MR) is 123 cm³/mol. The predicted octanol–water partition coefficient (Wildman–Crippen LogP) is 3.36. The molecule has 0 unspecified atom stereocenters. The highest BCUT2D eigenvalue weighted by atomic mass is 35.5. The van der Waals surface area contributed by atoms with Gasteiger partial charge in [0.05, 0.1) is 5.57 Å². The van der Waals surface area contributed by atoms with Crippen LogP contribution in [0.2, 0.25) is 5.02 Å². The van der Waals surface area contributed by atoms with Crippen molar-refractivity contribution in [2.75, 3.05) is 31.1 Å². The second-order valence-corrected chi connectivity index (χ2v) is 8.96. The molecule has 2 aromatic rings. The maximum absolute atomic E-state index is 13.7. The Morgan fingerprint density at radius 2 is 1.44 bits per heavy atom. The zero-order chi connectivity index (χ0) is 22.1. The van der Waals surface area contributed by atoms with Gasteiger partial charge in [-0.1, -0.05) is 43.0 Å². The van der Waals surface area contributed by atoms with Gasteiger partial charge in [0.25, 0.3) is 11.8 Å². The number of anilines is 1. The van der Waals surface area contributed by atoms with Crippen LogP contribution >= 0.6 is 11.6 Å². The van der Waals surface area contributed by atoms with Crippen molar-refractivity contribution in [2.45, 2.75) is 38.1 Å². The van der Waals surface area contributed by atoms with E-state index in [-0.39, 0.29) is 17.9 Å². The zero-order valence-corrected chi connectivity index (χ0v) is 18.7. The van der Waals surface area contributed by atoms with Gasteiger partial charge in [-0.15, -0.1) is 0 Å². The summed E-state index contributed by atoms with van der Waals surface area (Å²) in [4.78, 5) is 41.6. The summed E-state index contributed by atoms with van der Waals surface area (Å²) in [6.07, 6.45) is 8.52. The molecule has 5 rings (SSSR count). The van der Waals surface area contributed by atoms with Crippen LogP contribution in [0.5, 0.6) is 0 Å². The number of rotatable bonds is 4. The fraction of sp³-hybridized carbons (Fsp3) is 0.417. The molecule has 1 saturated heterocycles. The number of hydrogen-bond acceptors (Lipinski definition) is 6. The van der Waals surface area contributed by atoms with Gasteiger partial charge in [0.1, 0.15) is 5.70 Å². The number of aromatic nitrogens is 2. The van der Waals surface area contributed by atoms with Crippen LogP contribution < -0.4 is 4.90 Å². The Labute approximate surface area is 192 Å². The van der Waals surface area contributed by atoms with Crippen LogP contribution in [0.3, 0.4) is 0 Å². The van der Waals surface area contributed by atoms with Crippen molar-refractivity contribution in [3.8, 4) is 0 Å². The number of imide groups is 1. The number of halogens is 1. The van der Waals surface area contributed by atoms with E-state index >= 15 is 0 Å². The molecular weight excluding hydrogens is 426 g/mol. The number of nitrogens with zero attached hydrogens (tertiary/aromatic N) is 5. The van der Waals surface area contributed by atoms with E-state index in [2.05, 4.69) is 19.8 Å². The first-order valence-electron chi connectivity index (χ1n) is 11.3. The zero-order valence-electron chi connectivity index (χ0n) is 17.9. The maximum Gasteiger partial charge on any atom is 0.278 e. The van der Waals surface area contributed by atoms with Gasteiger partial charge in [-0.25, -0.2) is 9.97 Å². The molecule has 2 aliphatic heterocycles. The van der Waals surface area contributed by atoms with Gasteiger partial charge in [0.2, 0.25) is 5.95 Å². The summed E-state index contributed by atoms with van der Waals surface area (Å²) < 4.78 is 0. The quantitative estimate of drug-likeness (QED) is 0.664. The molecule has 1 saturated carbocycles. The molecule has 1 aromatic carbocycles. The first-order valence-corrected chi connectivity index (χ1v) is 11.7. The molecule has 166 valence electrons. The van der Waals surface area contributed by atoms with Crippen LogP contribution in [0.1, 0.15) is 37.7 Å². The third-order valence-electron chi connectivity index (χ3n) is 6.59. The lowest BCUT2D eigenvalue weighted by atomic mass is 9.94. The molecule has 2 fully saturated rings. The lowest BCUT2D eigenvalue weighted by molar-refractivity contribution is -0.141. The topological polar surface area (TPSA) is 69.6 Å². The van der Waals surface area contributed by atoms with Crippen molar-refractivity contribution in [1.82, 2.24) is 19.8 Å². The van der Waals surface area contributed by atoms with Gasteiger partial charge in [-0.2, -0.15) is 0 Å². The van der Waals surface area contributed by atoms with Gasteiger partial charge in [-0.3, -0.25) is 14.5 Å². The highest BCUT2D eigenvalue weighted by Gasteiger charge is 2.45. The molecule has 0 bridgehead atoms. The molecule has 2 amide bonds. The third kappa shape index (κ3) is 3.86. The fourth-order valence-corrected chi connectivity index (χ4v) is 5.09. The third-order valence-corrected chi connectivity index (χ3v) is 6.85. The lowest BCUT2D eigenvalue weighted by Gasteiger charge is -2.37. The van der Waals surface area contributed by atoms with Crippen LogP contribution in [0.4, 0.5) is 5.95 Å². The minimum atomic E-state index is -0.173. The Morgan fingerprint density at radius 3 is 2.09 bits per heavy atom. The van der Waals surface area contributed by atoms with E-state index in [1.807, 2.05) is 12.1 Å². The second-order valence-electron chi connectivity index (χ2n) is 8.53. The Hall–Kier alpha value is -2.93. The summed E-state index contributed by atoms with van der Waals surface area (Å²) >= 11 is 6.09. The molecule has 7 nitrogen and oxygen atoms in total. The molecule has 3 aliphatic rings. The molecule has 3 heterocycles.